The molecule has 0 fully saturated rings. The molecule has 0 atom stereocenters. The van der Waals surface area contributed by atoms with Crippen molar-refractivity contribution in [2.24, 2.45) is 0 Å². The Morgan fingerprint density at radius 1 is 1.00 bits per heavy atom. The smallest absolute Gasteiger partial charge is 2.00 e. The molecule has 0 spiro atoms. The van der Waals surface area contributed by atoms with Crippen LogP contribution in [0.2, 0.25) is 0 Å². The van der Waals surface area contributed by atoms with E-state index >= 15 is 0 Å². The van der Waals surface area contributed by atoms with Gasteiger partial charge in [-0.3, -0.25) is 0 Å². The van der Waals surface area contributed by atoms with Crippen LogP contribution in [0.1, 0.15) is 0 Å². The Morgan fingerprint density at radius 3 is 1.00 bits per heavy atom. The first-order chi connectivity index (χ1) is 0. The van der Waals surface area contributed by atoms with Gasteiger partial charge in [0.25, 0.3) is 0 Å². The maximum absolute atomic E-state index is 0. The summed E-state index contributed by atoms with van der Waals surface area (Å²) in [6.07, 6.45) is 0. The van der Waals surface area contributed by atoms with Gasteiger partial charge in [0.05, 0.1) is 0 Å². The quantitative estimate of drug-likeness (QED) is 0.516. The van der Waals surface area contributed by atoms with Gasteiger partial charge in [-0.05, 0) is 0 Å². The van der Waals surface area contributed by atoms with E-state index < -0.39 is 0 Å². The van der Waals surface area contributed by atoms with Crippen molar-refractivity contribution in [2.45, 2.75) is 0 Å². The first-order valence-electron chi connectivity index (χ1n) is 0. The van der Waals surface area contributed by atoms with Crippen LogP contribution < -0.4 is 0 Å². The van der Waals surface area contributed by atoms with Gasteiger partial charge < -0.3 is 0 Å². The summed E-state index contributed by atoms with van der Waals surface area (Å²) in [5.74, 6) is 0. The fourth-order valence-corrected chi connectivity index (χ4v) is 0. The molecule has 0 aliphatic carbocycles. The van der Waals surface area contributed by atoms with E-state index in [2.05, 4.69) is 0 Å². The van der Waals surface area contributed by atoms with Crippen molar-refractivity contribution in [1.29, 1.82) is 0 Å². The van der Waals surface area contributed by atoms with Crippen molar-refractivity contribution in [3.63, 3.8) is 0 Å². The second-order valence-electron chi connectivity index (χ2n) is 0. The van der Waals surface area contributed by atoms with Crippen molar-refractivity contribution in [1.82, 2.24) is 0 Å². The Balaban J connectivity index is 0. The molecule has 0 amide bonds. The fraction of sp³-hybridized carbons (Fsp3) is 0. The summed E-state index contributed by atoms with van der Waals surface area (Å²) < 4.78 is 0. The Labute approximate surface area is 92.2 Å². The van der Waals surface area contributed by atoms with E-state index in [0.29, 0.717) is 0 Å². The van der Waals surface area contributed by atoms with E-state index in [1.807, 2.05) is 0 Å². The van der Waals surface area contributed by atoms with Crippen LogP contribution in [-0.2, 0) is 17.1 Å². The van der Waals surface area contributed by atoms with Crippen molar-refractivity contribution >= 4 is 37.2 Å². The summed E-state index contributed by atoms with van der Waals surface area (Å²) in [7, 11) is 0. The van der Waals surface area contributed by atoms with Crippen LogP contribution >= 0.6 is 0 Å². The molecule has 0 heterocycles. The minimum absolute atomic E-state index is 0. The monoisotopic (exact) mass is 310 g/mol. The molecule has 0 aliphatic rings. The van der Waals surface area contributed by atoms with Gasteiger partial charge in [-0.25, -0.2) is 0 Å². The summed E-state index contributed by atoms with van der Waals surface area (Å²) in [5.41, 5.74) is 0. The van der Waals surface area contributed by atoms with E-state index in [4.69, 9.17) is 0 Å². The average Bonchev–Trinajstić information content (AvgIpc) is 0. The van der Waals surface area contributed by atoms with E-state index in [9.17, 15) is 0 Å². The van der Waals surface area contributed by atoms with E-state index in [0.717, 1.165) is 0 Å². The van der Waals surface area contributed by atoms with Gasteiger partial charge in [-0.2, -0.15) is 0 Å². The zero-order valence-electron chi connectivity index (χ0n) is 1.86. The van der Waals surface area contributed by atoms with Gasteiger partial charge in [-0.1, -0.05) is 0 Å². The third-order valence-electron chi connectivity index (χ3n) is 0. The SMILES string of the molecule is [Al+3].[Fe+2].[Ga+3].[Gd+3]. The molecular formula is AlFeGaGd+11. The molecule has 0 rings (SSSR count). The zero-order chi connectivity index (χ0) is 0. The second kappa shape index (κ2) is 16.6. The molecule has 0 aromatic carbocycles. The second-order valence-corrected chi connectivity index (χ2v) is 0. The Morgan fingerprint density at radius 2 is 1.00 bits per heavy atom. The minimum Gasteiger partial charge on any atom is 2.00 e. The third-order valence-corrected chi connectivity index (χ3v) is 0. The number of rotatable bonds is 0. The van der Waals surface area contributed by atoms with E-state index in [1.54, 1.807) is 0 Å². The van der Waals surface area contributed by atoms with E-state index in [-0.39, 0.29) is 94.2 Å². The maximum Gasteiger partial charge on any atom is 3.00 e. The molecule has 0 aliphatic heterocycles. The summed E-state index contributed by atoms with van der Waals surface area (Å²) >= 11 is 0. The maximum atomic E-state index is 0. The predicted octanol–water partition coefficient (Wildman–Crippen LogP) is -0.764. The molecule has 0 aromatic rings. The van der Waals surface area contributed by atoms with Crippen LogP contribution in [0.4, 0.5) is 0 Å². The predicted molar refractivity (Wildman–Crippen MR) is 11.5 cm³/mol. The molecule has 11 valence electrons. The van der Waals surface area contributed by atoms with Gasteiger partial charge in [0.15, 0.2) is 0 Å². The molecule has 0 N–H and O–H groups in total. The van der Waals surface area contributed by atoms with Crippen LogP contribution in [0, 0.1) is 39.9 Å². The van der Waals surface area contributed by atoms with Gasteiger partial charge in [0.2, 0.25) is 0 Å². The van der Waals surface area contributed by atoms with Crippen LogP contribution in [0.3, 0.4) is 0 Å². The van der Waals surface area contributed by atoms with E-state index in [1.165, 1.54) is 0 Å². The molecule has 0 nitrogen and oxygen atoms in total. The standard InChI is InChI=1S/Al.Fe.Ga.Gd/q+3;+2;2*+3. The van der Waals surface area contributed by atoms with Crippen molar-refractivity contribution in [3.05, 3.63) is 0 Å². The molecule has 0 bridgehead atoms. The summed E-state index contributed by atoms with van der Waals surface area (Å²) in [6.45, 7) is 0. The minimum atomic E-state index is 0. The fourth-order valence-electron chi connectivity index (χ4n) is 0. The number of hydrogen-bond donors (Lipinski definition) is 0. The Kier molecular flexibility index (Phi) is 116. The third kappa shape index (κ3) is 8.89. The van der Waals surface area contributed by atoms with Crippen molar-refractivity contribution in [2.75, 3.05) is 0 Å². The zero-order valence-corrected chi connectivity index (χ0v) is 8.81. The van der Waals surface area contributed by atoms with Gasteiger partial charge in [0.1, 0.15) is 0 Å². The summed E-state index contributed by atoms with van der Waals surface area (Å²) in [4.78, 5) is 0. The first kappa shape index (κ1) is 27.9. The molecule has 0 saturated carbocycles. The van der Waals surface area contributed by atoms with Crippen LogP contribution in [0.15, 0.2) is 0 Å². The van der Waals surface area contributed by atoms with Crippen molar-refractivity contribution < 1.29 is 57.0 Å². The largest absolute Gasteiger partial charge is 3.00 e. The van der Waals surface area contributed by atoms with Gasteiger partial charge in [0, 0.05) is 0 Å². The van der Waals surface area contributed by atoms with Crippen LogP contribution in [0.5, 0.6) is 0 Å². The summed E-state index contributed by atoms with van der Waals surface area (Å²) in [5, 5.41) is 0. The topological polar surface area (TPSA) is 0 Å². The van der Waals surface area contributed by atoms with Crippen molar-refractivity contribution in [3.8, 4) is 0 Å². The van der Waals surface area contributed by atoms with Crippen LogP contribution in [-0.4, -0.2) is 37.2 Å². The molecule has 1 radical (unpaired) electrons. The first-order valence-corrected chi connectivity index (χ1v) is 0. The Bertz CT molecular complexity index is 8.00. The molecule has 0 saturated heterocycles. The molecule has 0 unspecified atom stereocenters. The van der Waals surface area contributed by atoms with Crippen LogP contribution in [0.25, 0.3) is 0 Å². The molecule has 4 heteroatoms. The molecule has 0 aromatic heterocycles. The molecule has 4 heavy (non-hydrogen) atoms. The van der Waals surface area contributed by atoms with Gasteiger partial charge in [-0.15, -0.1) is 0 Å². The molecular weight excluding hydrogens is 310 g/mol. The average molecular weight is 310 g/mol. The summed E-state index contributed by atoms with van der Waals surface area (Å²) in [6, 6.07) is 0. The number of hydrogen-bond acceptors (Lipinski definition) is 0. The normalized spacial score (nSPS) is 0. The van der Waals surface area contributed by atoms with Gasteiger partial charge >= 0.3 is 94.2 Å². The Hall–Kier alpha value is 3.01.